The zero-order chi connectivity index (χ0) is 24.9. The number of hydrogen-bond donors (Lipinski definition) is 2. The lowest BCUT2D eigenvalue weighted by Crippen LogP contribution is -2.68. The number of carboxylic acid groups (broad SMARTS) is 1. The number of rotatable bonds is 8. The fourth-order valence-electron chi connectivity index (χ4n) is 4.19. The molecule has 35 heavy (non-hydrogen) atoms. The summed E-state index contributed by atoms with van der Waals surface area (Å²) >= 11 is 0. The van der Waals surface area contributed by atoms with Crippen LogP contribution in [0, 0.1) is 0 Å². The van der Waals surface area contributed by atoms with Crippen LogP contribution in [0.1, 0.15) is 36.1 Å². The van der Waals surface area contributed by atoms with E-state index in [1.54, 1.807) is 24.3 Å². The molecule has 2 aliphatic rings. The lowest BCUT2D eigenvalue weighted by atomic mass is 9.95. The number of Topliss-reactive ketones (excluding diaryl/α,β-unsaturated/α-hetero) is 1. The van der Waals surface area contributed by atoms with Crippen molar-refractivity contribution in [3.05, 3.63) is 65.7 Å². The lowest BCUT2D eigenvalue weighted by molar-refractivity contribution is -0.337. The third-order valence-electron chi connectivity index (χ3n) is 5.69. The molecular formula is C25H27NO9. The molecule has 2 saturated heterocycles. The minimum atomic E-state index is -1.18. The van der Waals surface area contributed by atoms with E-state index in [0.29, 0.717) is 5.56 Å². The number of fused-ring (bicyclic) bond motifs is 1. The van der Waals surface area contributed by atoms with E-state index in [1.807, 2.05) is 30.3 Å². The molecule has 186 valence electrons. The van der Waals surface area contributed by atoms with Gasteiger partial charge in [0, 0.05) is 12.5 Å². The maximum atomic E-state index is 12.1. The molecule has 2 N–H and O–H groups in total. The summed E-state index contributed by atoms with van der Waals surface area (Å²) in [6.45, 7) is 2.22. The van der Waals surface area contributed by atoms with Crippen LogP contribution in [-0.2, 0) is 28.5 Å². The molecule has 0 saturated carbocycles. The summed E-state index contributed by atoms with van der Waals surface area (Å²) in [4.78, 5) is 35.5. The molecular weight excluding hydrogens is 458 g/mol. The van der Waals surface area contributed by atoms with E-state index in [1.165, 1.54) is 13.8 Å². The number of benzene rings is 2. The second-order valence-electron chi connectivity index (χ2n) is 8.29. The van der Waals surface area contributed by atoms with Crippen molar-refractivity contribution in [2.45, 2.75) is 50.8 Å². The number of ketones is 1. The molecule has 0 radical (unpaired) electrons. The van der Waals surface area contributed by atoms with Crippen LogP contribution in [0.4, 0.5) is 0 Å². The number of para-hydroxylation sites is 1. The first-order chi connectivity index (χ1) is 16.8. The van der Waals surface area contributed by atoms with Crippen LogP contribution in [0.15, 0.2) is 54.6 Å². The summed E-state index contributed by atoms with van der Waals surface area (Å²) in [6.07, 6.45) is -4.24. The zero-order valence-electron chi connectivity index (χ0n) is 19.3. The number of nitrogens with one attached hydrogen (secondary N) is 1. The molecule has 6 unspecified atom stereocenters. The van der Waals surface area contributed by atoms with Crippen LogP contribution in [-0.4, -0.2) is 66.6 Å². The second kappa shape index (κ2) is 11.0. The molecule has 6 atom stereocenters. The summed E-state index contributed by atoms with van der Waals surface area (Å²) in [5, 5.41) is 12.0. The van der Waals surface area contributed by atoms with E-state index in [2.05, 4.69) is 5.32 Å². The normalized spacial score (nSPS) is 27.9. The molecule has 2 aromatic rings. The standard InChI is InChI=1S/C25H27NO9/c1-14(27)17-10-6-7-11-18(17)33-25-21(26-15(2)28)23(31-13-20(29)30)22-19(34-25)12-32-24(35-22)16-8-4-3-5-9-16/h3-11,19,21-25H,12-13H2,1-2H3,(H,26,28)(H,29,30). The van der Waals surface area contributed by atoms with Crippen molar-refractivity contribution in [2.24, 2.45) is 0 Å². The van der Waals surface area contributed by atoms with Gasteiger partial charge in [0.05, 0.1) is 12.2 Å². The number of amides is 1. The maximum Gasteiger partial charge on any atom is 0.329 e. The Kier molecular flexibility index (Phi) is 7.76. The average molecular weight is 485 g/mol. The van der Waals surface area contributed by atoms with E-state index < -0.39 is 55.4 Å². The number of hydrogen-bond acceptors (Lipinski definition) is 8. The Balaban J connectivity index is 1.65. The molecule has 0 spiro atoms. The monoisotopic (exact) mass is 485 g/mol. The molecule has 10 nitrogen and oxygen atoms in total. The molecule has 0 bridgehead atoms. The Morgan fingerprint density at radius 3 is 2.43 bits per heavy atom. The van der Waals surface area contributed by atoms with Gasteiger partial charge in [-0.15, -0.1) is 0 Å². The summed E-state index contributed by atoms with van der Waals surface area (Å²) in [7, 11) is 0. The van der Waals surface area contributed by atoms with Gasteiger partial charge in [0.25, 0.3) is 0 Å². The summed E-state index contributed by atoms with van der Waals surface area (Å²) in [6, 6.07) is 15.0. The number of aliphatic carboxylic acids is 1. The number of ether oxygens (including phenoxy) is 5. The van der Waals surface area contributed by atoms with E-state index in [-0.39, 0.29) is 18.1 Å². The van der Waals surface area contributed by atoms with Crippen molar-refractivity contribution < 1.29 is 43.2 Å². The number of carbonyl (C=O) groups excluding carboxylic acids is 2. The highest BCUT2D eigenvalue weighted by Crippen LogP contribution is 2.36. The van der Waals surface area contributed by atoms with Gasteiger partial charge in [-0.05, 0) is 19.1 Å². The molecule has 2 heterocycles. The number of carbonyl (C=O) groups is 3. The first-order valence-electron chi connectivity index (χ1n) is 11.2. The van der Waals surface area contributed by atoms with Gasteiger partial charge in [-0.2, -0.15) is 0 Å². The minimum absolute atomic E-state index is 0.109. The first kappa shape index (κ1) is 24.8. The topological polar surface area (TPSA) is 130 Å². The van der Waals surface area contributed by atoms with Crippen LogP contribution in [0.3, 0.4) is 0 Å². The lowest BCUT2D eigenvalue weighted by Gasteiger charge is -2.49. The Morgan fingerprint density at radius 1 is 1.03 bits per heavy atom. The van der Waals surface area contributed by atoms with Crippen LogP contribution >= 0.6 is 0 Å². The van der Waals surface area contributed by atoms with Gasteiger partial charge in [-0.25, -0.2) is 4.79 Å². The highest BCUT2D eigenvalue weighted by molar-refractivity contribution is 5.96. The Morgan fingerprint density at radius 2 is 1.74 bits per heavy atom. The summed E-state index contributed by atoms with van der Waals surface area (Å²) in [5.41, 5.74) is 1.11. The average Bonchev–Trinajstić information content (AvgIpc) is 2.84. The number of carboxylic acids is 1. The summed E-state index contributed by atoms with van der Waals surface area (Å²) < 4.78 is 30.0. The highest BCUT2D eigenvalue weighted by atomic mass is 16.8. The molecule has 2 aromatic carbocycles. The van der Waals surface area contributed by atoms with Gasteiger partial charge in [0.2, 0.25) is 12.2 Å². The van der Waals surface area contributed by atoms with Gasteiger partial charge < -0.3 is 34.1 Å². The maximum absolute atomic E-state index is 12.1. The van der Waals surface area contributed by atoms with Gasteiger partial charge in [-0.1, -0.05) is 42.5 Å². The van der Waals surface area contributed by atoms with Crippen molar-refractivity contribution in [1.82, 2.24) is 5.32 Å². The van der Waals surface area contributed by atoms with Crippen LogP contribution < -0.4 is 10.1 Å². The van der Waals surface area contributed by atoms with E-state index in [0.717, 1.165) is 5.56 Å². The van der Waals surface area contributed by atoms with Gasteiger partial charge in [0.15, 0.2) is 12.1 Å². The molecule has 10 heteroatoms. The van der Waals surface area contributed by atoms with Crippen LogP contribution in [0.25, 0.3) is 0 Å². The third-order valence-corrected chi connectivity index (χ3v) is 5.69. The predicted molar refractivity (Wildman–Crippen MR) is 121 cm³/mol. The predicted octanol–water partition coefficient (Wildman–Crippen LogP) is 2.08. The molecule has 0 aliphatic carbocycles. The molecule has 4 rings (SSSR count). The Bertz CT molecular complexity index is 1060. The zero-order valence-corrected chi connectivity index (χ0v) is 19.3. The fraction of sp³-hybridized carbons (Fsp3) is 0.400. The van der Waals surface area contributed by atoms with Crippen LogP contribution in [0.2, 0.25) is 0 Å². The second-order valence-corrected chi connectivity index (χ2v) is 8.29. The van der Waals surface area contributed by atoms with Crippen molar-refractivity contribution in [3.63, 3.8) is 0 Å². The quantitative estimate of drug-likeness (QED) is 0.540. The molecule has 2 fully saturated rings. The molecule has 2 aliphatic heterocycles. The summed E-state index contributed by atoms with van der Waals surface area (Å²) in [5.74, 6) is -1.53. The van der Waals surface area contributed by atoms with Crippen molar-refractivity contribution in [3.8, 4) is 5.75 Å². The van der Waals surface area contributed by atoms with E-state index in [4.69, 9.17) is 23.7 Å². The van der Waals surface area contributed by atoms with E-state index in [9.17, 15) is 19.5 Å². The largest absolute Gasteiger partial charge is 0.480 e. The van der Waals surface area contributed by atoms with Gasteiger partial charge in [0.1, 0.15) is 36.7 Å². The van der Waals surface area contributed by atoms with Crippen molar-refractivity contribution in [1.29, 1.82) is 0 Å². The van der Waals surface area contributed by atoms with Crippen molar-refractivity contribution in [2.75, 3.05) is 13.2 Å². The Hall–Kier alpha value is -3.31. The highest BCUT2D eigenvalue weighted by Gasteiger charge is 2.52. The van der Waals surface area contributed by atoms with Gasteiger partial charge >= 0.3 is 5.97 Å². The van der Waals surface area contributed by atoms with Crippen LogP contribution in [0.5, 0.6) is 5.75 Å². The minimum Gasteiger partial charge on any atom is -0.480 e. The first-order valence-corrected chi connectivity index (χ1v) is 11.2. The third kappa shape index (κ3) is 5.85. The molecule has 0 aromatic heterocycles. The van der Waals surface area contributed by atoms with Gasteiger partial charge in [-0.3, -0.25) is 9.59 Å². The molecule has 1 amide bonds. The SMILES string of the molecule is CC(=O)NC1C(Oc2ccccc2C(C)=O)OC2COC(c3ccccc3)OC2C1OCC(=O)O. The Labute approximate surface area is 202 Å². The fourth-order valence-corrected chi connectivity index (χ4v) is 4.19. The van der Waals surface area contributed by atoms with Crippen molar-refractivity contribution >= 4 is 17.7 Å². The smallest absolute Gasteiger partial charge is 0.329 e. The van der Waals surface area contributed by atoms with E-state index >= 15 is 0 Å².